The Morgan fingerprint density at radius 3 is 2.79 bits per heavy atom. The molecular formula is C22H21N5O. The fraction of sp³-hybridized carbons (Fsp3) is 0.273. The Hall–Kier alpha value is -3.28. The Morgan fingerprint density at radius 2 is 1.96 bits per heavy atom. The summed E-state index contributed by atoms with van der Waals surface area (Å²) in [4.78, 5) is 26.6. The first kappa shape index (κ1) is 16.9. The van der Waals surface area contributed by atoms with Crippen LogP contribution in [0.4, 0.5) is 0 Å². The van der Waals surface area contributed by atoms with Crippen LogP contribution >= 0.6 is 0 Å². The van der Waals surface area contributed by atoms with E-state index in [0.29, 0.717) is 5.39 Å². The van der Waals surface area contributed by atoms with Crippen molar-refractivity contribution in [1.29, 1.82) is 0 Å². The molecule has 0 amide bonds. The third-order valence-electron chi connectivity index (χ3n) is 5.44. The molecule has 1 aromatic carbocycles. The quantitative estimate of drug-likeness (QED) is 0.540. The SMILES string of the molecule is CC1(C)CCc2nc3cc(-n4cnc(-c5ccccn5)c4)ccc3c(=O)n2C1. The smallest absolute Gasteiger partial charge is 0.261 e. The molecule has 0 aliphatic carbocycles. The van der Waals surface area contributed by atoms with E-state index in [-0.39, 0.29) is 11.0 Å². The van der Waals surface area contributed by atoms with Gasteiger partial charge in [0, 0.05) is 31.0 Å². The Balaban J connectivity index is 1.58. The average Bonchev–Trinajstić information content (AvgIpc) is 3.19. The molecule has 6 heteroatoms. The van der Waals surface area contributed by atoms with Crippen molar-refractivity contribution in [3.8, 4) is 17.1 Å². The second-order valence-electron chi connectivity index (χ2n) is 8.17. The summed E-state index contributed by atoms with van der Waals surface area (Å²) in [7, 11) is 0. The first-order valence-electron chi connectivity index (χ1n) is 9.49. The molecule has 0 radical (unpaired) electrons. The van der Waals surface area contributed by atoms with Crippen molar-refractivity contribution in [3.05, 3.63) is 71.3 Å². The standard InChI is InChI=1S/C22H21N5O/c1-22(2)9-8-20-25-18-11-15(6-7-16(18)21(28)27(20)13-22)26-12-19(24-14-26)17-5-3-4-10-23-17/h3-7,10-12,14H,8-9,13H2,1-2H3. The highest BCUT2D eigenvalue weighted by atomic mass is 16.1. The van der Waals surface area contributed by atoms with Crippen LogP contribution in [-0.2, 0) is 13.0 Å². The van der Waals surface area contributed by atoms with Crippen LogP contribution in [0, 0.1) is 5.41 Å². The Morgan fingerprint density at radius 1 is 1.07 bits per heavy atom. The minimum Gasteiger partial charge on any atom is -0.306 e. The molecule has 4 heterocycles. The highest BCUT2D eigenvalue weighted by Crippen LogP contribution is 2.29. The molecule has 28 heavy (non-hydrogen) atoms. The maximum Gasteiger partial charge on any atom is 0.261 e. The predicted molar refractivity (Wildman–Crippen MR) is 108 cm³/mol. The maximum atomic E-state index is 13.0. The molecule has 1 aliphatic heterocycles. The lowest BCUT2D eigenvalue weighted by molar-refractivity contribution is 0.240. The van der Waals surface area contributed by atoms with Gasteiger partial charge in [-0.25, -0.2) is 9.97 Å². The molecular weight excluding hydrogens is 350 g/mol. The van der Waals surface area contributed by atoms with Crippen LogP contribution in [0.2, 0.25) is 0 Å². The summed E-state index contributed by atoms with van der Waals surface area (Å²) in [6.07, 6.45) is 7.33. The van der Waals surface area contributed by atoms with Gasteiger partial charge in [-0.2, -0.15) is 0 Å². The summed E-state index contributed by atoms with van der Waals surface area (Å²) < 4.78 is 3.78. The van der Waals surface area contributed by atoms with Crippen LogP contribution in [0.1, 0.15) is 26.1 Å². The zero-order chi connectivity index (χ0) is 19.3. The number of benzene rings is 1. The van der Waals surface area contributed by atoms with E-state index in [9.17, 15) is 4.79 Å². The van der Waals surface area contributed by atoms with Crippen LogP contribution in [0.15, 0.2) is 59.9 Å². The first-order valence-corrected chi connectivity index (χ1v) is 9.49. The molecule has 3 aromatic heterocycles. The summed E-state index contributed by atoms with van der Waals surface area (Å²) in [5, 5.41) is 0.662. The zero-order valence-corrected chi connectivity index (χ0v) is 16.0. The van der Waals surface area contributed by atoms with Crippen molar-refractivity contribution in [2.24, 2.45) is 5.41 Å². The molecule has 0 saturated heterocycles. The Bertz CT molecular complexity index is 1240. The summed E-state index contributed by atoms with van der Waals surface area (Å²) in [5.74, 6) is 0.883. The van der Waals surface area contributed by atoms with E-state index in [0.717, 1.165) is 47.8 Å². The van der Waals surface area contributed by atoms with Crippen LogP contribution in [-0.4, -0.2) is 24.1 Å². The molecule has 0 spiro atoms. The number of nitrogens with zero attached hydrogens (tertiary/aromatic N) is 5. The van der Waals surface area contributed by atoms with Gasteiger partial charge in [-0.05, 0) is 42.2 Å². The van der Waals surface area contributed by atoms with E-state index in [1.807, 2.05) is 51.7 Å². The van der Waals surface area contributed by atoms with Gasteiger partial charge in [-0.1, -0.05) is 19.9 Å². The van der Waals surface area contributed by atoms with Crippen LogP contribution in [0.5, 0.6) is 0 Å². The van der Waals surface area contributed by atoms with E-state index in [1.54, 1.807) is 12.5 Å². The molecule has 6 nitrogen and oxygen atoms in total. The minimum absolute atomic E-state index is 0.0548. The van der Waals surface area contributed by atoms with Gasteiger partial charge in [-0.15, -0.1) is 0 Å². The van der Waals surface area contributed by atoms with E-state index in [1.165, 1.54) is 0 Å². The number of aromatic nitrogens is 5. The molecule has 0 fully saturated rings. The molecule has 0 saturated carbocycles. The summed E-state index contributed by atoms with van der Waals surface area (Å²) in [5.41, 5.74) is 3.48. The van der Waals surface area contributed by atoms with Gasteiger partial charge in [0.15, 0.2) is 0 Å². The van der Waals surface area contributed by atoms with Crippen LogP contribution in [0.25, 0.3) is 28.0 Å². The topological polar surface area (TPSA) is 65.6 Å². The summed E-state index contributed by atoms with van der Waals surface area (Å²) in [6, 6.07) is 11.5. The lowest BCUT2D eigenvalue weighted by atomic mass is 9.85. The van der Waals surface area contributed by atoms with Gasteiger partial charge in [0.2, 0.25) is 0 Å². The monoisotopic (exact) mass is 371 g/mol. The van der Waals surface area contributed by atoms with Crippen molar-refractivity contribution in [1.82, 2.24) is 24.1 Å². The fourth-order valence-corrected chi connectivity index (χ4v) is 3.84. The molecule has 0 unspecified atom stereocenters. The summed E-state index contributed by atoms with van der Waals surface area (Å²) in [6.45, 7) is 5.13. The first-order chi connectivity index (χ1) is 13.5. The third-order valence-corrected chi connectivity index (χ3v) is 5.44. The number of rotatable bonds is 2. The third kappa shape index (κ3) is 2.81. The number of pyridine rings is 1. The number of imidazole rings is 1. The normalized spacial score (nSPS) is 15.5. The molecule has 0 N–H and O–H groups in total. The van der Waals surface area contributed by atoms with E-state index >= 15 is 0 Å². The van der Waals surface area contributed by atoms with Crippen molar-refractivity contribution < 1.29 is 0 Å². The second-order valence-corrected chi connectivity index (χ2v) is 8.17. The molecule has 1 aliphatic rings. The molecule has 0 atom stereocenters. The number of hydrogen-bond acceptors (Lipinski definition) is 4. The highest BCUT2D eigenvalue weighted by molar-refractivity contribution is 5.80. The number of aryl methyl sites for hydroxylation is 1. The zero-order valence-electron chi connectivity index (χ0n) is 16.0. The Labute approximate surface area is 162 Å². The van der Waals surface area contributed by atoms with Gasteiger partial charge in [-0.3, -0.25) is 14.3 Å². The molecule has 140 valence electrons. The van der Waals surface area contributed by atoms with Gasteiger partial charge in [0.05, 0.1) is 22.9 Å². The van der Waals surface area contributed by atoms with Crippen LogP contribution in [0.3, 0.4) is 0 Å². The van der Waals surface area contributed by atoms with Crippen LogP contribution < -0.4 is 5.56 Å². The van der Waals surface area contributed by atoms with Gasteiger partial charge in [0.1, 0.15) is 11.5 Å². The predicted octanol–water partition coefficient (Wildman–Crippen LogP) is 3.62. The van der Waals surface area contributed by atoms with E-state index in [2.05, 4.69) is 23.8 Å². The van der Waals surface area contributed by atoms with E-state index in [4.69, 9.17) is 4.98 Å². The van der Waals surface area contributed by atoms with Crippen molar-refractivity contribution in [3.63, 3.8) is 0 Å². The minimum atomic E-state index is 0.0548. The average molecular weight is 371 g/mol. The van der Waals surface area contributed by atoms with Crippen molar-refractivity contribution in [2.75, 3.05) is 0 Å². The van der Waals surface area contributed by atoms with E-state index < -0.39 is 0 Å². The second kappa shape index (κ2) is 6.12. The Kier molecular flexibility index (Phi) is 3.69. The number of hydrogen-bond donors (Lipinski definition) is 0. The van der Waals surface area contributed by atoms with Gasteiger partial charge < -0.3 is 4.57 Å². The highest BCUT2D eigenvalue weighted by Gasteiger charge is 2.27. The lowest BCUT2D eigenvalue weighted by Gasteiger charge is -2.31. The fourth-order valence-electron chi connectivity index (χ4n) is 3.84. The summed E-state index contributed by atoms with van der Waals surface area (Å²) >= 11 is 0. The van der Waals surface area contributed by atoms with Crippen molar-refractivity contribution >= 4 is 10.9 Å². The maximum absolute atomic E-state index is 13.0. The number of fused-ring (bicyclic) bond motifs is 2. The molecule has 5 rings (SSSR count). The van der Waals surface area contributed by atoms with Gasteiger partial charge >= 0.3 is 0 Å². The molecule has 4 aromatic rings. The largest absolute Gasteiger partial charge is 0.306 e. The van der Waals surface area contributed by atoms with Crippen molar-refractivity contribution in [2.45, 2.75) is 33.2 Å². The lowest BCUT2D eigenvalue weighted by Crippen LogP contribution is -2.36. The molecule has 0 bridgehead atoms. The van der Waals surface area contributed by atoms with Gasteiger partial charge in [0.25, 0.3) is 5.56 Å².